The van der Waals surface area contributed by atoms with Crippen LogP contribution in [0.25, 0.3) is 11.2 Å². The van der Waals surface area contributed by atoms with E-state index in [1.54, 1.807) is 6.07 Å². The Hall–Kier alpha value is -2.94. The fourth-order valence-electron chi connectivity index (χ4n) is 3.04. The summed E-state index contributed by atoms with van der Waals surface area (Å²) in [6.45, 7) is 1.13. The Labute approximate surface area is 140 Å². The van der Waals surface area contributed by atoms with Crippen LogP contribution in [-0.4, -0.2) is 32.7 Å². The summed E-state index contributed by atoms with van der Waals surface area (Å²) in [5, 5.41) is 2.69. The van der Waals surface area contributed by atoms with Crippen LogP contribution in [0.1, 0.15) is 18.9 Å². The van der Waals surface area contributed by atoms with Gasteiger partial charge in [-0.05, 0) is 25.0 Å². The number of fused-ring (bicyclic) bond motifs is 1. The van der Waals surface area contributed by atoms with E-state index < -0.39 is 5.82 Å². The third-order valence-electron chi connectivity index (χ3n) is 4.27. The average Bonchev–Trinajstić information content (AvgIpc) is 2.92. The number of nitrogens with one attached hydrogen (secondary N) is 3. The van der Waals surface area contributed by atoms with Gasteiger partial charge < -0.3 is 20.0 Å². The van der Waals surface area contributed by atoms with Crippen molar-refractivity contribution < 1.29 is 9.13 Å². The summed E-state index contributed by atoms with van der Waals surface area (Å²) in [4.78, 5) is 33.5. The molecule has 0 spiro atoms. The summed E-state index contributed by atoms with van der Waals surface area (Å²) in [7, 11) is 0. The van der Waals surface area contributed by atoms with Gasteiger partial charge in [0.05, 0.1) is 5.52 Å². The minimum absolute atomic E-state index is 0.0547. The first kappa shape index (κ1) is 15.6. The van der Waals surface area contributed by atoms with Gasteiger partial charge in [0.25, 0.3) is 5.56 Å². The lowest BCUT2D eigenvalue weighted by atomic mass is 10.1. The highest BCUT2D eigenvalue weighted by atomic mass is 19.1. The normalized spacial score (nSPS) is 15.6. The fraction of sp³-hybridized carbons (Fsp3) is 0.312. The van der Waals surface area contributed by atoms with E-state index in [0.29, 0.717) is 37.2 Å². The summed E-state index contributed by atoms with van der Waals surface area (Å²) in [6.07, 6.45) is 2.86. The van der Waals surface area contributed by atoms with Crippen molar-refractivity contribution in [3.05, 3.63) is 51.1 Å². The first-order valence-corrected chi connectivity index (χ1v) is 7.97. The molecule has 25 heavy (non-hydrogen) atoms. The number of imidazole rings is 1. The van der Waals surface area contributed by atoms with Crippen molar-refractivity contribution in [2.75, 3.05) is 18.5 Å². The van der Waals surface area contributed by atoms with Crippen molar-refractivity contribution >= 4 is 22.7 Å². The summed E-state index contributed by atoms with van der Waals surface area (Å²) < 4.78 is 21.2. The van der Waals surface area contributed by atoms with E-state index in [-0.39, 0.29) is 28.8 Å². The fourth-order valence-corrected chi connectivity index (χ4v) is 3.04. The third-order valence-corrected chi connectivity index (χ3v) is 4.27. The lowest BCUT2D eigenvalue weighted by Crippen LogP contribution is -2.27. The van der Waals surface area contributed by atoms with Crippen LogP contribution in [0.5, 0.6) is 0 Å². The molecule has 1 saturated heterocycles. The molecule has 0 atom stereocenters. The monoisotopic (exact) mass is 345 g/mol. The van der Waals surface area contributed by atoms with Crippen LogP contribution in [0.2, 0.25) is 0 Å². The Morgan fingerprint density at radius 2 is 2.12 bits per heavy atom. The molecule has 1 aliphatic heterocycles. The van der Waals surface area contributed by atoms with E-state index in [9.17, 15) is 14.0 Å². The first-order chi connectivity index (χ1) is 12.1. The predicted molar refractivity (Wildman–Crippen MR) is 89.7 cm³/mol. The largest absolute Gasteiger partial charge is 0.381 e. The molecule has 3 aromatic rings. The van der Waals surface area contributed by atoms with Crippen molar-refractivity contribution in [2.45, 2.75) is 18.9 Å². The molecule has 0 unspecified atom stereocenters. The molecule has 4 heterocycles. The van der Waals surface area contributed by atoms with E-state index in [1.807, 2.05) is 0 Å². The number of hydrogen-bond acceptors (Lipinski definition) is 5. The van der Waals surface area contributed by atoms with Crippen LogP contribution in [0.4, 0.5) is 15.9 Å². The maximum atomic E-state index is 14.3. The van der Waals surface area contributed by atoms with Gasteiger partial charge >= 0.3 is 5.69 Å². The Balaban J connectivity index is 1.81. The summed E-state index contributed by atoms with van der Waals surface area (Å²) in [6, 6.07) is 4.29. The van der Waals surface area contributed by atoms with Gasteiger partial charge in [-0.1, -0.05) is 0 Å². The van der Waals surface area contributed by atoms with Gasteiger partial charge in [0, 0.05) is 31.5 Å². The Morgan fingerprint density at radius 1 is 1.32 bits per heavy atom. The highest BCUT2D eigenvalue weighted by Gasteiger charge is 2.22. The number of aromatic amines is 2. The van der Waals surface area contributed by atoms with Crippen LogP contribution < -0.4 is 16.6 Å². The molecule has 0 aliphatic carbocycles. The van der Waals surface area contributed by atoms with Gasteiger partial charge in [0.2, 0.25) is 0 Å². The molecule has 1 fully saturated rings. The SMILES string of the molecule is O=c1[nH]cccc1Nc1nc2c(cc1F)[nH]c(=O)n2C1CCOCC1. The number of anilines is 2. The van der Waals surface area contributed by atoms with E-state index in [0.717, 1.165) is 0 Å². The van der Waals surface area contributed by atoms with Gasteiger partial charge in [0.15, 0.2) is 17.3 Å². The van der Waals surface area contributed by atoms with Crippen molar-refractivity contribution in [3.63, 3.8) is 0 Å². The maximum absolute atomic E-state index is 14.3. The number of ether oxygens (including phenoxy) is 1. The zero-order valence-corrected chi connectivity index (χ0v) is 13.2. The van der Waals surface area contributed by atoms with Crippen molar-refractivity contribution in [1.29, 1.82) is 0 Å². The molecule has 4 rings (SSSR count). The standard InChI is InChI=1S/C16H16FN5O3/c17-10-8-12-14(21-13(10)19-11-2-1-5-18-15(11)23)22(16(24)20-12)9-3-6-25-7-4-9/h1-2,5,8-9H,3-4,6-7H2,(H,18,23)(H,19,21)(H,20,24). The minimum Gasteiger partial charge on any atom is -0.381 e. The van der Waals surface area contributed by atoms with Crippen LogP contribution in [0, 0.1) is 5.82 Å². The third kappa shape index (κ3) is 2.82. The molecule has 8 nitrogen and oxygen atoms in total. The lowest BCUT2D eigenvalue weighted by Gasteiger charge is -2.22. The van der Waals surface area contributed by atoms with Gasteiger partial charge in [-0.25, -0.2) is 14.2 Å². The van der Waals surface area contributed by atoms with Gasteiger partial charge in [-0.15, -0.1) is 0 Å². The second-order valence-electron chi connectivity index (χ2n) is 5.87. The topological polar surface area (TPSA) is 105 Å². The lowest BCUT2D eigenvalue weighted by molar-refractivity contribution is 0.0697. The van der Waals surface area contributed by atoms with Crippen molar-refractivity contribution in [2.24, 2.45) is 0 Å². The minimum atomic E-state index is -0.656. The van der Waals surface area contributed by atoms with E-state index >= 15 is 0 Å². The molecule has 0 radical (unpaired) electrons. The van der Waals surface area contributed by atoms with Crippen LogP contribution >= 0.6 is 0 Å². The second kappa shape index (κ2) is 6.17. The second-order valence-corrected chi connectivity index (χ2v) is 5.87. The number of halogens is 1. The molecular weight excluding hydrogens is 329 g/mol. The van der Waals surface area contributed by atoms with Crippen LogP contribution in [0.3, 0.4) is 0 Å². The van der Waals surface area contributed by atoms with Crippen molar-refractivity contribution in [3.8, 4) is 0 Å². The molecule has 3 N–H and O–H groups in total. The molecule has 9 heteroatoms. The summed E-state index contributed by atoms with van der Waals surface area (Å²) >= 11 is 0. The van der Waals surface area contributed by atoms with Crippen molar-refractivity contribution in [1.82, 2.24) is 19.5 Å². The number of nitrogens with zero attached hydrogens (tertiary/aromatic N) is 2. The number of H-pyrrole nitrogens is 2. The van der Waals surface area contributed by atoms with Crippen LogP contribution in [0.15, 0.2) is 34.0 Å². The van der Waals surface area contributed by atoms with E-state index in [2.05, 4.69) is 20.3 Å². The number of hydrogen-bond donors (Lipinski definition) is 3. The molecule has 0 aromatic carbocycles. The summed E-state index contributed by atoms with van der Waals surface area (Å²) in [5.41, 5.74) is 0.126. The molecule has 0 saturated carbocycles. The van der Waals surface area contributed by atoms with Gasteiger partial charge in [-0.3, -0.25) is 9.36 Å². The Bertz CT molecular complexity index is 1030. The molecule has 130 valence electrons. The Kier molecular flexibility index (Phi) is 3.85. The highest BCUT2D eigenvalue weighted by Crippen LogP contribution is 2.25. The number of pyridine rings is 2. The smallest absolute Gasteiger partial charge is 0.327 e. The van der Waals surface area contributed by atoms with Gasteiger partial charge in [-0.2, -0.15) is 0 Å². The zero-order valence-electron chi connectivity index (χ0n) is 13.2. The Morgan fingerprint density at radius 3 is 2.88 bits per heavy atom. The van der Waals surface area contributed by atoms with E-state index in [1.165, 1.54) is 22.9 Å². The molecule has 1 aliphatic rings. The molecule has 0 amide bonds. The zero-order chi connectivity index (χ0) is 17.4. The first-order valence-electron chi connectivity index (χ1n) is 7.97. The number of aromatic nitrogens is 4. The summed E-state index contributed by atoms with van der Waals surface area (Å²) in [5.74, 6) is -0.764. The van der Waals surface area contributed by atoms with E-state index in [4.69, 9.17) is 4.74 Å². The van der Waals surface area contributed by atoms with Crippen LogP contribution in [-0.2, 0) is 4.74 Å². The predicted octanol–water partition coefficient (Wildman–Crippen LogP) is 1.65. The van der Waals surface area contributed by atoms with Gasteiger partial charge in [0.1, 0.15) is 5.69 Å². The quantitative estimate of drug-likeness (QED) is 0.669. The average molecular weight is 345 g/mol. The number of rotatable bonds is 3. The maximum Gasteiger partial charge on any atom is 0.327 e. The highest BCUT2D eigenvalue weighted by molar-refractivity contribution is 5.74. The molecule has 3 aromatic heterocycles. The molecular formula is C16H16FN5O3. The molecule has 0 bridgehead atoms.